The van der Waals surface area contributed by atoms with Crippen molar-refractivity contribution in [2.24, 2.45) is 0 Å². The minimum atomic E-state index is 0.306. The first-order valence-corrected chi connectivity index (χ1v) is 5.90. The lowest BCUT2D eigenvalue weighted by atomic mass is 10.1. The van der Waals surface area contributed by atoms with Gasteiger partial charge in [-0.2, -0.15) is 0 Å². The molecule has 1 aliphatic rings. The van der Waals surface area contributed by atoms with E-state index in [4.69, 9.17) is 0 Å². The second-order valence-electron chi connectivity index (χ2n) is 4.16. The maximum Gasteiger partial charge on any atom is 0.160 e. The molecule has 0 radical (unpaired) electrons. The number of benzene rings is 1. The zero-order valence-corrected chi connectivity index (χ0v) is 9.41. The molecule has 16 heavy (non-hydrogen) atoms. The van der Waals surface area contributed by atoms with Crippen molar-refractivity contribution in [1.29, 1.82) is 0 Å². The summed E-state index contributed by atoms with van der Waals surface area (Å²) in [4.78, 5) is 11.7. The number of hydrogen-bond donors (Lipinski definition) is 1. The molecule has 1 aliphatic carbocycles. The molecule has 2 rings (SSSR count). The smallest absolute Gasteiger partial charge is 0.160 e. The summed E-state index contributed by atoms with van der Waals surface area (Å²) in [7, 11) is 0. The van der Waals surface area contributed by atoms with E-state index in [0.29, 0.717) is 12.2 Å². The molecule has 1 saturated carbocycles. The Balaban J connectivity index is 2.03. The molecule has 0 spiro atoms. The zero-order chi connectivity index (χ0) is 11.2. The van der Waals surface area contributed by atoms with Crippen LogP contribution in [0.3, 0.4) is 0 Å². The summed E-state index contributed by atoms with van der Waals surface area (Å²) in [6, 6.07) is 9.94. The van der Waals surface area contributed by atoms with Gasteiger partial charge >= 0.3 is 0 Å². The number of allylic oxidation sites excluding steroid dienone is 1. The van der Waals surface area contributed by atoms with E-state index < -0.39 is 0 Å². The molecule has 84 valence electrons. The fraction of sp³-hybridized carbons (Fsp3) is 0.357. The van der Waals surface area contributed by atoms with Crippen LogP contribution >= 0.6 is 0 Å². The Hall–Kier alpha value is -1.57. The number of hydrogen-bond acceptors (Lipinski definition) is 2. The number of para-hydroxylation sites is 1. The second kappa shape index (κ2) is 5.50. The van der Waals surface area contributed by atoms with Crippen molar-refractivity contribution in [3.05, 3.63) is 42.1 Å². The Bertz CT molecular complexity index is 381. The van der Waals surface area contributed by atoms with Crippen LogP contribution in [-0.2, 0) is 4.79 Å². The molecule has 0 bridgehead atoms. The van der Waals surface area contributed by atoms with E-state index >= 15 is 0 Å². The van der Waals surface area contributed by atoms with Crippen molar-refractivity contribution in [2.75, 3.05) is 5.32 Å². The van der Waals surface area contributed by atoms with Crippen LogP contribution in [-0.4, -0.2) is 5.78 Å². The van der Waals surface area contributed by atoms with E-state index in [1.165, 1.54) is 6.42 Å². The van der Waals surface area contributed by atoms with Gasteiger partial charge in [-0.15, -0.1) is 0 Å². The monoisotopic (exact) mass is 215 g/mol. The van der Waals surface area contributed by atoms with Gasteiger partial charge in [0.2, 0.25) is 0 Å². The third-order valence-electron chi connectivity index (χ3n) is 2.89. The van der Waals surface area contributed by atoms with Crippen molar-refractivity contribution < 1.29 is 4.79 Å². The Labute approximate surface area is 96.4 Å². The number of rotatable bonds is 2. The predicted octanol–water partition coefficient (Wildman–Crippen LogP) is 3.52. The predicted molar refractivity (Wildman–Crippen MR) is 66.2 cm³/mol. The minimum Gasteiger partial charge on any atom is -0.361 e. The molecule has 1 N–H and O–H groups in total. The molecule has 0 aliphatic heterocycles. The molecule has 2 heteroatoms. The summed E-state index contributed by atoms with van der Waals surface area (Å²) in [5.41, 5.74) is 1.98. The lowest BCUT2D eigenvalue weighted by Crippen LogP contribution is -2.02. The molecule has 0 unspecified atom stereocenters. The first kappa shape index (κ1) is 10.9. The van der Waals surface area contributed by atoms with Crippen LogP contribution in [0.15, 0.2) is 42.1 Å². The first-order valence-electron chi connectivity index (χ1n) is 5.90. The Kier molecular flexibility index (Phi) is 3.76. The van der Waals surface area contributed by atoms with Crippen molar-refractivity contribution in [3.63, 3.8) is 0 Å². The van der Waals surface area contributed by atoms with E-state index in [1.807, 2.05) is 36.5 Å². The van der Waals surface area contributed by atoms with E-state index in [1.54, 1.807) is 0 Å². The molecule has 0 saturated heterocycles. The van der Waals surface area contributed by atoms with Gasteiger partial charge in [-0.05, 0) is 31.4 Å². The minimum absolute atomic E-state index is 0.306. The lowest BCUT2D eigenvalue weighted by Gasteiger charge is -2.04. The maximum atomic E-state index is 11.7. The Morgan fingerprint density at radius 3 is 2.56 bits per heavy atom. The molecular formula is C14H17NO. The SMILES string of the molecule is O=C1CCCCC/C1=C\Nc1ccccc1. The number of nitrogens with one attached hydrogen (secondary N) is 1. The lowest BCUT2D eigenvalue weighted by molar-refractivity contribution is -0.115. The first-order chi connectivity index (χ1) is 7.86. The van der Waals surface area contributed by atoms with Gasteiger partial charge < -0.3 is 5.32 Å². The summed E-state index contributed by atoms with van der Waals surface area (Å²) in [6.45, 7) is 0. The molecular weight excluding hydrogens is 198 g/mol. The van der Waals surface area contributed by atoms with Crippen LogP contribution < -0.4 is 5.32 Å². The summed E-state index contributed by atoms with van der Waals surface area (Å²) in [5.74, 6) is 0.306. The number of ketones is 1. The number of anilines is 1. The van der Waals surface area contributed by atoms with E-state index in [9.17, 15) is 4.79 Å². The summed E-state index contributed by atoms with van der Waals surface area (Å²) in [6.07, 6.45) is 6.86. The van der Waals surface area contributed by atoms with Crippen LogP contribution in [0.4, 0.5) is 5.69 Å². The molecule has 0 amide bonds. The van der Waals surface area contributed by atoms with Gasteiger partial charge in [0.05, 0.1) is 0 Å². The Morgan fingerprint density at radius 2 is 1.75 bits per heavy atom. The highest BCUT2D eigenvalue weighted by molar-refractivity contribution is 5.95. The normalized spacial score (nSPS) is 19.5. The van der Waals surface area contributed by atoms with Crippen molar-refractivity contribution in [3.8, 4) is 0 Å². The molecule has 2 nitrogen and oxygen atoms in total. The van der Waals surface area contributed by atoms with Gasteiger partial charge in [0, 0.05) is 23.9 Å². The van der Waals surface area contributed by atoms with Gasteiger partial charge in [0.15, 0.2) is 5.78 Å². The van der Waals surface area contributed by atoms with Gasteiger partial charge in [0.1, 0.15) is 0 Å². The quantitative estimate of drug-likeness (QED) is 0.604. The Morgan fingerprint density at radius 1 is 1.00 bits per heavy atom. The summed E-state index contributed by atoms with van der Waals surface area (Å²) in [5, 5.41) is 3.19. The van der Waals surface area contributed by atoms with Crippen molar-refractivity contribution >= 4 is 11.5 Å². The molecule has 1 fully saturated rings. The van der Waals surface area contributed by atoms with Gasteiger partial charge in [0.25, 0.3) is 0 Å². The fourth-order valence-corrected chi connectivity index (χ4v) is 1.94. The van der Waals surface area contributed by atoms with E-state index in [2.05, 4.69) is 5.32 Å². The molecule has 0 heterocycles. The highest BCUT2D eigenvalue weighted by Crippen LogP contribution is 2.19. The molecule has 1 aromatic carbocycles. The number of carbonyl (C=O) groups is 1. The topological polar surface area (TPSA) is 29.1 Å². The molecule has 0 atom stereocenters. The standard InChI is InChI=1S/C14H17NO/c16-14-10-6-1-3-7-12(14)11-15-13-8-4-2-5-9-13/h2,4-5,8-9,11,15H,1,3,6-7,10H2/b12-11+. The summed E-state index contributed by atoms with van der Waals surface area (Å²) < 4.78 is 0. The van der Waals surface area contributed by atoms with Crippen LogP contribution in [0.25, 0.3) is 0 Å². The zero-order valence-electron chi connectivity index (χ0n) is 9.41. The van der Waals surface area contributed by atoms with Crippen LogP contribution in [0.5, 0.6) is 0 Å². The van der Waals surface area contributed by atoms with Crippen LogP contribution in [0.2, 0.25) is 0 Å². The summed E-state index contributed by atoms with van der Waals surface area (Å²) >= 11 is 0. The fourth-order valence-electron chi connectivity index (χ4n) is 1.94. The number of Topliss-reactive ketones (excluding diaryl/α,β-unsaturated/α-hetero) is 1. The highest BCUT2D eigenvalue weighted by atomic mass is 16.1. The van der Waals surface area contributed by atoms with Crippen LogP contribution in [0.1, 0.15) is 32.1 Å². The molecule has 1 aromatic rings. The van der Waals surface area contributed by atoms with Gasteiger partial charge in [-0.3, -0.25) is 4.79 Å². The largest absolute Gasteiger partial charge is 0.361 e. The maximum absolute atomic E-state index is 11.7. The van der Waals surface area contributed by atoms with Crippen molar-refractivity contribution in [1.82, 2.24) is 0 Å². The van der Waals surface area contributed by atoms with Gasteiger partial charge in [-0.1, -0.05) is 24.6 Å². The third-order valence-corrected chi connectivity index (χ3v) is 2.89. The van der Waals surface area contributed by atoms with Crippen molar-refractivity contribution in [2.45, 2.75) is 32.1 Å². The highest BCUT2D eigenvalue weighted by Gasteiger charge is 2.12. The van der Waals surface area contributed by atoms with Crippen LogP contribution in [0, 0.1) is 0 Å². The average molecular weight is 215 g/mol. The van der Waals surface area contributed by atoms with Gasteiger partial charge in [-0.25, -0.2) is 0 Å². The average Bonchev–Trinajstić information content (AvgIpc) is 2.53. The number of carbonyl (C=O) groups excluding carboxylic acids is 1. The third kappa shape index (κ3) is 2.96. The molecule has 0 aromatic heterocycles. The second-order valence-corrected chi connectivity index (χ2v) is 4.16. The van der Waals surface area contributed by atoms with E-state index in [0.717, 1.165) is 30.5 Å². The van der Waals surface area contributed by atoms with E-state index in [-0.39, 0.29) is 0 Å².